The predicted molar refractivity (Wildman–Crippen MR) is 112 cm³/mol. The lowest BCUT2D eigenvalue weighted by Gasteiger charge is -2.23. The van der Waals surface area contributed by atoms with Crippen LogP contribution in [0.3, 0.4) is 0 Å². The molecule has 1 unspecified atom stereocenters. The Morgan fingerprint density at radius 3 is 2.96 bits per heavy atom. The van der Waals surface area contributed by atoms with Crippen molar-refractivity contribution in [2.75, 3.05) is 19.6 Å². The normalized spacial score (nSPS) is 19.7. The van der Waals surface area contributed by atoms with Gasteiger partial charge in [0.05, 0.1) is 12.7 Å². The van der Waals surface area contributed by atoms with E-state index in [4.69, 9.17) is 4.99 Å². The van der Waals surface area contributed by atoms with Crippen molar-refractivity contribution < 1.29 is 5.11 Å². The summed E-state index contributed by atoms with van der Waals surface area (Å²) in [6.07, 6.45) is 9.82. The number of aromatic hydroxyl groups is 1. The van der Waals surface area contributed by atoms with E-state index < -0.39 is 0 Å². The Balaban J connectivity index is 1.52. The number of guanidine groups is 1. The molecule has 0 radical (unpaired) electrons. The summed E-state index contributed by atoms with van der Waals surface area (Å²) in [5.41, 5.74) is 5.02. The van der Waals surface area contributed by atoms with Crippen LogP contribution in [0.25, 0.3) is 0 Å². The van der Waals surface area contributed by atoms with Gasteiger partial charge in [-0.15, -0.1) is 0 Å². The minimum atomic E-state index is 0.384. The number of aromatic nitrogens is 2. The number of aryl methyl sites for hydroxylation is 2. The van der Waals surface area contributed by atoms with E-state index in [0.29, 0.717) is 18.2 Å². The van der Waals surface area contributed by atoms with Gasteiger partial charge in [0.1, 0.15) is 5.75 Å². The van der Waals surface area contributed by atoms with Gasteiger partial charge in [-0.05, 0) is 61.8 Å². The molecule has 1 atom stereocenters. The molecule has 0 spiro atoms. The summed E-state index contributed by atoms with van der Waals surface area (Å²) < 4.78 is 1.87. The number of aliphatic imine (C=N–C) groups is 1. The summed E-state index contributed by atoms with van der Waals surface area (Å²) >= 11 is 0. The van der Waals surface area contributed by atoms with Gasteiger partial charge >= 0.3 is 0 Å². The summed E-state index contributed by atoms with van der Waals surface area (Å²) in [4.78, 5) is 7.26. The first-order valence-electron chi connectivity index (χ1n) is 10.5. The van der Waals surface area contributed by atoms with Gasteiger partial charge in [0.2, 0.25) is 0 Å². The van der Waals surface area contributed by atoms with Crippen LogP contribution in [0.15, 0.2) is 29.5 Å². The Morgan fingerprint density at radius 2 is 2.18 bits per heavy atom. The van der Waals surface area contributed by atoms with Crippen LogP contribution in [0.4, 0.5) is 0 Å². The summed E-state index contributed by atoms with van der Waals surface area (Å²) in [5.74, 6) is 1.83. The minimum Gasteiger partial charge on any atom is -0.508 e. The maximum Gasteiger partial charge on any atom is 0.194 e. The lowest BCUT2D eigenvalue weighted by Crippen LogP contribution is -2.40. The van der Waals surface area contributed by atoms with Gasteiger partial charge in [-0.25, -0.2) is 4.99 Å². The molecule has 4 rings (SSSR count). The third kappa shape index (κ3) is 3.86. The van der Waals surface area contributed by atoms with Crippen LogP contribution in [0, 0.1) is 0 Å². The number of rotatable bonds is 4. The zero-order valence-corrected chi connectivity index (χ0v) is 17.0. The highest BCUT2D eigenvalue weighted by molar-refractivity contribution is 5.80. The highest BCUT2D eigenvalue weighted by atomic mass is 16.3. The maximum atomic E-state index is 10.5. The molecule has 2 N–H and O–H groups in total. The average molecular weight is 382 g/mol. The van der Waals surface area contributed by atoms with Crippen LogP contribution in [-0.2, 0) is 26.4 Å². The lowest BCUT2D eigenvalue weighted by molar-refractivity contribution is 0.463. The first-order chi connectivity index (χ1) is 13.7. The molecule has 28 heavy (non-hydrogen) atoms. The van der Waals surface area contributed by atoms with Crippen molar-refractivity contribution >= 4 is 5.96 Å². The average Bonchev–Trinajstić information content (AvgIpc) is 3.35. The Kier molecular flexibility index (Phi) is 5.55. The molecule has 6 nitrogen and oxygen atoms in total. The number of fused-ring (bicyclic) bond motifs is 1. The summed E-state index contributed by atoms with van der Waals surface area (Å²) in [7, 11) is 1.97. The topological polar surface area (TPSA) is 65.7 Å². The van der Waals surface area contributed by atoms with E-state index in [2.05, 4.69) is 34.5 Å². The van der Waals surface area contributed by atoms with E-state index in [9.17, 15) is 5.11 Å². The molecule has 0 saturated carbocycles. The van der Waals surface area contributed by atoms with Crippen LogP contribution >= 0.6 is 0 Å². The first-order valence-corrected chi connectivity index (χ1v) is 10.5. The van der Waals surface area contributed by atoms with Crippen molar-refractivity contribution in [1.29, 1.82) is 0 Å². The van der Waals surface area contributed by atoms with Crippen molar-refractivity contribution in [3.05, 3.63) is 46.8 Å². The molecule has 1 aromatic carbocycles. The molecule has 2 aliphatic rings. The highest BCUT2D eigenvalue weighted by Gasteiger charge is 2.27. The van der Waals surface area contributed by atoms with Crippen LogP contribution in [0.2, 0.25) is 0 Å². The Bertz CT molecular complexity index is 857. The maximum absolute atomic E-state index is 10.5. The van der Waals surface area contributed by atoms with Crippen molar-refractivity contribution in [2.24, 2.45) is 12.0 Å². The third-order valence-corrected chi connectivity index (χ3v) is 6.03. The van der Waals surface area contributed by atoms with Crippen molar-refractivity contribution in [3.63, 3.8) is 0 Å². The molecule has 150 valence electrons. The standard InChI is InChI=1S/C22H31N5O/c1-3-23-22(27-11-10-17(15-27)18-12-25-26(2)14-18)24-13-20-19-7-5-4-6-16(19)8-9-21(20)28/h8-9,12,14,17,28H,3-7,10-11,13,15H2,1-2H3,(H,23,24). The Morgan fingerprint density at radius 1 is 1.32 bits per heavy atom. The van der Waals surface area contributed by atoms with Crippen LogP contribution in [0.5, 0.6) is 5.75 Å². The van der Waals surface area contributed by atoms with Crippen molar-refractivity contribution in [2.45, 2.75) is 51.5 Å². The quantitative estimate of drug-likeness (QED) is 0.631. The number of hydrogen-bond acceptors (Lipinski definition) is 3. The van der Waals surface area contributed by atoms with Gasteiger partial charge in [-0.1, -0.05) is 6.07 Å². The fourth-order valence-electron chi connectivity index (χ4n) is 4.52. The molecule has 2 aromatic rings. The molecule has 2 heterocycles. The summed E-state index contributed by atoms with van der Waals surface area (Å²) in [5, 5.41) is 18.2. The van der Waals surface area contributed by atoms with E-state index in [1.165, 1.54) is 29.5 Å². The van der Waals surface area contributed by atoms with E-state index in [1.54, 1.807) is 0 Å². The zero-order chi connectivity index (χ0) is 19.5. The summed E-state index contributed by atoms with van der Waals surface area (Å²) in [6, 6.07) is 3.93. The smallest absolute Gasteiger partial charge is 0.194 e. The largest absolute Gasteiger partial charge is 0.508 e. The molecule has 6 heteroatoms. The van der Waals surface area contributed by atoms with Crippen molar-refractivity contribution in [3.8, 4) is 5.75 Å². The van der Waals surface area contributed by atoms with E-state index in [-0.39, 0.29) is 0 Å². The van der Waals surface area contributed by atoms with Crippen LogP contribution < -0.4 is 5.32 Å². The first kappa shape index (κ1) is 18.8. The molecule has 0 amide bonds. The highest BCUT2D eigenvalue weighted by Crippen LogP contribution is 2.31. The number of nitrogens with zero attached hydrogens (tertiary/aromatic N) is 4. The van der Waals surface area contributed by atoms with Gasteiger partial charge in [-0.2, -0.15) is 5.10 Å². The number of nitrogens with one attached hydrogen (secondary N) is 1. The second-order valence-corrected chi connectivity index (χ2v) is 7.96. The van der Waals surface area contributed by atoms with Gasteiger partial charge in [0.15, 0.2) is 5.96 Å². The SMILES string of the molecule is CCNC(=NCc1c(O)ccc2c1CCCC2)N1CCC(c2cnn(C)c2)C1. The molecule has 1 aliphatic heterocycles. The Labute approximate surface area is 167 Å². The molecule has 1 fully saturated rings. The number of phenolic OH excluding ortho intramolecular Hbond substituents is 1. The molecule has 1 saturated heterocycles. The minimum absolute atomic E-state index is 0.384. The molecule has 1 aliphatic carbocycles. The van der Waals surface area contributed by atoms with Gasteiger partial charge in [0.25, 0.3) is 0 Å². The fraction of sp³-hybridized carbons (Fsp3) is 0.545. The molecular formula is C22H31N5O. The third-order valence-electron chi connectivity index (χ3n) is 6.03. The number of benzene rings is 1. The lowest BCUT2D eigenvalue weighted by atomic mass is 9.88. The van der Waals surface area contributed by atoms with Crippen LogP contribution in [0.1, 0.15) is 54.4 Å². The zero-order valence-electron chi connectivity index (χ0n) is 17.0. The predicted octanol–water partition coefficient (Wildman–Crippen LogP) is 2.96. The number of phenols is 1. The van der Waals surface area contributed by atoms with E-state index >= 15 is 0 Å². The number of hydrogen-bond donors (Lipinski definition) is 2. The van der Waals surface area contributed by atoms with Gasteiger partial charge in [-0.3, -0.25) is 4.68 Å². The monoisotopic (exact) mass is 381 g/mol. The second kappa shape index (κ2) is 8.25. The molecule has 0 bridgehead atoms. The van der Waals surface area contributed by atoms with Crippen LogP contribution in [-0.4, -0.2) is 45.4 Å². The Hall–Kier alpha value is -2.50. The summed E-state index contributed by atoms with van der Waals surface area (Å²) in [6.45, 7) is 5.42. The van der Waals surface area contributed by atoms with Gasteiger partial charge < -0.3 is 15.3 Å². The van der Waals surface area contributed by atoms with E-state index in [0.717, 1.165) is 50.4 Å². The fourth-order valence-corrected chi connectivity index (χ4v) is 4.52. The van der Waals surface area contributed by atoms with E-state index in [1.807, 2.05) is 24.0 Å². The number of likely N-dealkylation sites (tertiary alicyclic amines) is 1. The second-order valence-electron chi connectivity index (χ2n) is 7.96. The van der Waals surface area contributed by atoms with Gasteiger partial charge in [0, 0.05) is 44.4 Å². The molecular weight excluding hydrogens is 350 g/mol. The van der Waals surface area contributed by atoms with Crippen molar-refractivity contribution in [1.82, 2.24) is 20.0 Å². The molecule has 1 aromatic heterocycles.